The summed E-state index contributed by atoms with van der Waals surface area (Å²) in [6.45, 7) is 7.81. The summed E-state index contributed by atoms with van der Waals surface area (Å²) in [5.74, 6) is 1.20. The van der Waals surface area contributed by atoms with E-state index in [-0.39, 0.29) is 0 Å². The highest BCUT2D eigenvalue weighted by Gasteiger charge is 2.16. The zero-order chi connectivity index (χ0) is 19.6. The molecule has 0 aliphatic carbocycles. The molecule has 0 radical (unpaired) electrons. The van der Waals surface area contributed by atoms with Crippen molar-refractivity contribution in [3.8, 4) is 11.6 Å². The lowest BCUT2D eigenvalue weighted by molar-refractivity contribution is -0.106. The highest BCUT2D eigenvalue weighted by molar-refractivity contribution is 6.30. The van der Waals surface area contributed by atoms with Crippen LogP contribution in [-0.4, -0.2) is 11.4 Å². The molecule has 0 spiro atoms. The van der Waals surface area contributed by atoms with Crippen molar-refractivity contribution in [2.45, 2.75) is 27.7 Å². The average Bonchev–Trinajstić information content (AvgIpc) is 2.62. The minimum atomic E-state index is 0.497. The molecule has 0 unspecified atom stereocenters. The molecule has 0 N–H and O–H groups in total. The van der Waals surface area contributed by atoms with Gasteiger partial charge in [-0.05, 0) is 68.7 Å². The van der Waals surface area contributed by atoms with E-state index in [1.54, 1.807) is 17.2 Å². The van der Waals surface area contributed by atoms with Gasteiger partial charge in [-0.25, -0.2) is 4.98 Å². The van der Waals surface area contributed by atoms with Crippen molar-refractivity contribution in [1.82, 2.24) is 4.98 Å². The number of carbonyl (C=O) groups is 1. The SMILES string of the molecule is Cc1cc(Cl)ccc1Oc1ncc(N(C=O)c2c(C)cccc2C)cc1C. The van der Waals surface area contributed by atoms with Gasteiger partial charge in [-0.3, -0.25) is 9.69 Å². The number of aryl methyl sites for hydroxylation is 4. The molecular weight excluding hydrogens is 360 g/mol. The molecule has 4 nitrogen and oxygen atoms in total. The van der Waals surface area contributed by atoms with Crippen molar-refractivity contribution in [3.63, 3.8) is 0 Å². The lowest BCUT2D eigenvalue weighted by atomic mass is 10.1. The largest absolute Gasteiger partial charge is 0.438 e. The molecule has 1 aromatic heterocycles. The average molecular weight is 381 g/mol. The van der Waals surface area contributed by atoms with Gasteiger partial charge < -0.3 is 4.74 Å². The number of aromatic nitrogens is 1. The maximum atomic E-state index is 11.8. The summed E-state index contributed by atoms with van der Waals surface area (Å²) in [5, 5.41) is 0.662. The first-order valence-corrected chi connectivity index (χ1v) is 9.00. The van der Waals surface area contributed by atoms with Gasteiger partial charge in [-0.2, -0.15) is 0 Å². The molecule has 138 valence electrons. The monoisotopic (exact) mass is 380 g/mol. The van der Waals surface area contributed by atoms with E-state index < -0.39 is 0 Å². The first-order valence-electron chi connectivity index (χ1n) is 8.62. The Morgan fingerprint density at radius 1 is 0.963 bits per heavy atom. The fourth-order valence-corrected chi connectivity index (χ4v) is 3.27. The van der Waals surface area contributed by atoms with Crippen molar-refractivity contribution in [3.05, 3.63) is 75.9 Å². The third kappa shape index (κ3) is 3.96. The number of ether oxygens (including phenoxy) is 1. The molecule has 0 aliphatic rings. The highest BCUT2D eigenvalue weighted by Crippen LogP contribution is 2.33. The van der Waals surface area contributed by atoms with E-state index in [0.717, 1.165) is 34.4 Å². The normalized spacial score (nSPS) is 10.6. The topological polar surface area (TPSA) is 42.4 Å². The molecule has 1 amide bonds. The fraction of sp³-hybridized carbons (Fsp3) is 0.182. The van der Waals surface area contributed by atoms with Crippen molar-refractivity contribution >= 4 is 29.4 Å². The number of hydrogen-bond acceptors (Lipinski definition) is 3. The lowest BCUT2D eigenvalue weighted by Crippen LogP contribution is -2.17. The molecule has 3 rings (SSSR count). The van der Waals surface area contributed by atoms with Crippen LogP contribution in [0, 0.1) is 27.7 Å². The fourth-order valence-electron chi connectivity index (χ4n) is 3.05. The summed E-state index contributed by atoms with van der Waals surface area (Å²) in [6, 6.07) is 13.3. The second-order valence-corrected chi connectivity index (χ2v) is 6.98. The van der Waals surface area contributed by atoms with Gasteiger partial charge in [0.25, 0.3) is 0 Å². The van der Waals surface area contributed by atoms with Gasteiger partial charge >= 0.3 is 0 Å². The van der Waals surface area contributed by atoms with Crippen LogP contribution < -0.4 is 9.64 Å². The van der Waals surface area contributed by atoms with Gasteiger partial charge in [-0.15, -0.1) is 0 Å². The maximum Gasteiger partial charge on any atom is 0.222 e. The van der Waals surface area contributed by atoms with E-state index in [1.807, 2.05) is 64.1 Å². The molecule has 0 atom stereocenters. The van der Waals surface area contributed by atoms with E-state index in [9.17, 15) is 4.79 Å². The van der Waals surface area contributed by atoms with E-state index in [1.165, 1.54) is 0 Å². The zero-order valence-electron chi connectivity index (χ0n) is 15.8. The number of hydrogen-bond donors (Lipinski definition) is 0. The van der Waals surface area contributed by atoms with Crippen LogP contribution in [0.5, 0.6) is 11.6 Å². The standard InChI is InChI=1S/C22H21ClN2O2/c1-14-6-5-7-15(2)21(14)25(13-26)19-11-17(4)22(24-12-19)27-20-9-8-18(23)10-16(20)3/h5-13H,1-4H3. The van der Waals surface area contributed by atoms with Gasteiger partial charge in [-0.1, -0.05) is 29.8 Å². The Morgan fingerprint density at radius 2 is 1.67 bits per heavy atom. The Hall–Kier alpha value is -2.85. The van der Waals surface area contributed by atoms with Gasteiger partial charge in [0, 0.05) is 10.6 Å². The molecule has 27 heavy (non-hydrogen) atoms. The van der Waals surface area contributed by atoms with Crippen LogP contribution in [0.15, 0.2) is 48.7 Å². The number of benzene rings is 2. The minimum Gasteiger partial charge on any atom is -0.438 e. The minimum absolute atomic E-state index is 0.497. The van der Waals surface area contributed by atoms with E-state index in [4.69, 9.17) is 16.3 Å². The second-order valence-electron chi connectivity index (χ2n) is 6.54. The maximum absolute atomic E-state index is 11.8. The predicted octanol–water partition coefficient (Wildman–Crippen LogP) is 6.06. The number of anilines is 2. The van der Waals surface area contributed by atoms with Crippen LogP contribution in [0.4, 0.5) is 11.4 Å². The Bertz CT molecular complexity index is 981. The molecule has 0 aliphatic heterocycles. The molecule has 5 heteroatoms. The Kier molecular flexibility index (Phi) is 5.47. The summed E-state index contributed by atoms with van der Waals surface area (Å²) in [4.78, 5) is 17.9. The zero-order valence-corrected chi connectivity index (χ0v) is 16.5. The first-order chi connectivity index (χ1) is 12.9. The Balaban J connectivity index is 1.95. The van der Waals surface area contributed by atoms with Gasteiger partial charge in [0.1, 0.15) is 5.75 Å². The van der Waals surface area contributed by atoms with Crippen LogP contribution >= 0.6 is 11.6 Å². The Morgan fingerprint density at radius 3 is 2.26 bits per heavy atom. The lowest BCUT2D eigenvalue weighted by Gasteiger charge is -2.22. The smallest absolute Gasteiger partial charge is 0.222 e. The number of rotatable bonds is 5. The molecule has 0 saturated heterocycles. The van der Waals surface area contributed by atoms with Crippen LogP contribution in [0.3, 0.4) is 0 Å². The van der Waals surface area contributed by atoms with Crippen molar-refractivity contribution in [2.24, 2.45) is 0 Å². The van der Waals surface area contributed by atoms with Crippen molar-refractivity contribution < 1.29 is 9.53 Å². The highest BCUT2D eigenvalue weighted by atomic mass is 35.5. The molecule has 1 heterocycles. The van der Waals surface area contributed by atoms with E-state index in [0.29, 0.717) is 22.3 Å². The Labute approximate surface area is 164 Å². The molecular formula is C22H21ClN2O2. The van der Waals surface area contributed by atoms with Crippen molar-refractivity contribution in [2.75, 3.05) is 4.90 Å². The number of halogens is 1. The van der Waals surface area contributed by atoms with Crippen LogP contribution in [0.1, 0.15) is 22.3 Å². The second kappa shape index (κ2) is 7.80. The van der Waals surface area contributed by atoms with E-state index >= 15 is 0 Å². The number of carbonyl (C=O) groups excluding carboxylic acids is 1. The third-order valence-corrected chi connectivity index (χ3v) is 4.66. The summed E-state index contributed by atoms with van der Waals surface area (Å²) in [7, 11) is 0. The van der Waals surface area contributed by atoms with Gasteiger partial charge in [0.05, 0.1) is 17.6 Å². The van der Waals surface area contributed by atoms with E-state index in [2.05, 4.69) is 4.98 Å². The van der Waals surface area contributed by atoms with Crippen LogP contribution in [-0.2, 0) is 4.79 Å². The predicted molar refractivity (Wildman–Crippen MR) is 109 cm³/mol. The summed E-state index contributed by atoms with van der Waals surface area (Å²) in [6.07, 6.45) is 2.46. The third-order valence-electron chi connectivity index (χ3n) is 4.42. The van der Waals surface area contributed by atoms with Crippen LogP contribution in [0.2, 0.25) is 5.02 Å². The molecule has 0 saturated carbocycles. The number of para-hydroxylation sites is 1. The van der Waals surface area contributed by atoms with Gasteiger partial charge in [0.2, 0.25) is 12.3 Å². The number of pyridine rings is 1. The molecule has 3 aromatic rings. The van der Waals surface area contributed by atoms with Crippen LogP contribution in [0.25, 0.3) is 0 Å². The van der Waals surface area contributed by atoms with Crippen molar-refractivity contribution in [1.29, 1.82) is 0 Å². The summed E-state index contributed by atoms with van der Waals surface area (Å²) < 4.78 is 5.94. The number of amides is 1. The molecule has 2 aromatic carbocycles. The summed E-state index contributed by atoms with van der Waals surface area (Å²) in [5.41, 5.74) is 5.38. The first kappa shape index (κ1) is 18.9. The summed E-state index contributed by atoms with van der Waals surface area (Å²) >= 11 is 6.00. The van der Waals surface area contributed by atoms with Gasteiger partial charge in [0.15, 0.2) is 0 Å². The molecule has 0 bridgehead atoms. The molecule has 0 fully saturated rings. The number of nitrogens with zero attached hydrogens (tertiary/aromatic N) is 2. The quantitative estimate of drug-likeness (QED) is 0.505.